The zero-order valence-corrected chi connectivity index (χ0v) is 7.12. The first-order valence-electron chi connectivity index (χ1n) is 2.37. The largest absolute Gasteiger partial charge is 0.388 e. The fraction of sp³-hybridized carbons (Fsp3) is 0.750. The molecule has 0 radical (unpaired) electrons. The molecular weight excluding hydrogens is 200 g/mol. The van der Waals surface area contributed by atoms with Crippen molar-refractivity contribution in [3.05, 3.63) is 0 Å². The van der Waals surface area contributed by atoms with Crippen LogP contribution in [-0.2, 0) is 4.79 Å². The molecular formula is C4H6Cl3NO2. The summed E-state index contributed by atoms with van der Waals surface area (Å²) >= 11 is 15.6. The Balaban J connectivity index is 3.85. The summed E-state index contributed by atoms with van der Waals surface area (Å²) in [4.78, 5) is 10.1. The molecule has 1 atom stereocenters. The minimum atomic E-state index is -1.84. The number of carbonyl (C=O) groups excluding carboxylic acids is 1. The first-order valence-corrected chi connectivity index (χ1v) is 3.50. The molecule has 0 aliphatic heterocycles. The van der Waals surface area contributed by atoms with Crippen molar-refractivity contribution in [1.29, 1.82) is 0 Å². The van der Waals surface area contributed by atoms with Crippen molar-refractivity contribution in [2.45, 2.75) is 16.3 Å². The van der Waals surface area contributed by atoms with Crippen LogP contribution >= 0.6 is 34.8 Å². The third-order valence-electron chi connectivity index (χ3n) is 0.772. The van der Waals surface area contributed by atoms with Crippen molar-refractivity contribution >= 4 is 40.7 Å². The molecule has 0 aromatic rings. The lowest BCUT2D eigenvalue weighted by Crippen LogP contribution is -2.30. The zero-order valence-electron chi connectivity index (χ0n) is 4.85. The van der Waals surface area contributed by atoms with E-state index in [2.05, 4.69) is 0 Å². The number of amides is 1. The Morgan fingerprint density at radius 1 is 1.60 bits per heavy atom. The van der Waals surface area contributed by atoms with Crippen LogP contribution in [0.25, 0.3) is 0 Å². The summed E-state index contributed by atoms with van der Waals surface area (Å²) in [6, 6.07) is 0. The van der Waals surface area contributed by atoms with Crippen LogP contribution in [0, 0.1) is 0 Å². The van der Waals surface area contributed by atoms with E-state index in [9.17, 15) is 4.79 Å². The molecule has 0 unspecified atom stereocenters. The molecule has 0 saturated heterocycles. The minimum Gasteiger partial charge on any atom is -0.388 e. The molecule has 3 N–H and O–H groups in total. The summed E-state index contributed by atoms with van der Waals surface area (Å²) in [6.45, 7) is 0. The molecule has 0 bridgehead atoms. The molecule has 0 spiro atoms. The highest BCUT2D eigenvalue weighted by molar-refractivity contribution is 6.68. The topological polar surface area (TPSA) is 63.3 Å². The molecule has 0 aliphatic rings. The molecule has 0 saturated carbocycles. The van der Waals surface area contributed by atoms with Crippen molar-refractivity contribution in [3.8, 4) is 0 Å². The highest BCUT2D eigenvalue weighted by atomic mass is 35.6. The normalized spacial score (nSPS) is 14.8. The summed E-state index contributed by atoms with van der Waals surface area (Å²) in [5.74, 6) is -0.709. The number of halogens is 3. The van der Waals surface area contributed by atoms with E-state index in [1.165, 1.54) is 0 Å². The van der Waals surface area contributed by atoms with Gasteiger partial charge in [0.05, 0.1) is 6.42 Å². The lowest BCUT2D eigenvalue weighted by molar-refractivity contribution is -0.119. The van der Waals surface area contributed by atoms with E-state index in [1.807, 2.05) is 0 Å². The molecule has 0 aliphatic carbocycles. The van der Waals surface area contributed by atoms with Gasteiger partial charge in [0.2, 0.25) is 9.70 Å². The van der Waals surface area contributed by atoms with Crippen LogP contribution in [0.1, 0.15) is 6.42 Å². The summed E-state index contributed by atoms with van der Waals surface area (Å²) in [6.07, 6.45) is -1.69. The Morgan fingerprint density at radius 3 is 2.10 bits per heavy atom. The second kappa shape index (κ2) is 3.62. The van der Waals surface area contributed by atoms with Gasteiger partial charge >= 0.3 is 0 Å². The fourth-order valence-corrected chi connectivity index (χ4v) is 0.538. The first kappa shape index (κ1) is 10.3. The molecule has 3 nitrogen and oxygen atoms in total. The number of primary amides is 1. The van der Waals surface area contributed by atoms with Crippen molar-refractivity contribution in [1.82, 2.24) is 0 Å². The van der Waals surface area contributed by atoms with Gasteiger partial charge in [-0.2, -0.15) is 0 Å². The lowest BCUT2D eigenvalue weighted by Gasteiger charge is -2.16. The Hall–Kier alpha value is 0.300. The number of aliphatic hydroxyl groups is 1. The zero-order chi connectivity index (χ0) is 8.36. The first-order chi connectivity index (χ1) is 4.34. The monoisotopic (exact) mass is 205 g/mol. The summed E-state index contributed by atoms with van der Waals surface area (Å²) in [7, 11) is 0. The van der Waals surface area contributed by atoms with Gasteiger partial charge in [0.1, 0.15) is 6.10 Å². The quantitative estimate of drug-likeness (QED) is 0.650. The van der Waals surface area contributed by atoms with Crippen LogP contribution in [0.4, 0.5) is 0 Å². The predicted octanol–water partition coefficient (Wildman–Crippen LogP) is 0.593. The Bertz CT molecular complexity index is 133. The van der Waals surface area contributed by atoms with E-state index >= 15 is 0 Å². The Kier molecular flexibility index (Phi) is 3.73. The van der Waals surface area contributed by atoms with E-state index < -0.39 is 15.8 Å². The van der Waals surface area contributed by atoms with Crippen molar-refractivity contribution in [2.75, 3.05) is 0 Å². The average Bonchev–Trinajstić information content (AvgIpc) is 1.60. The van der Waals surface area contributed by atoms with Gasteiger partial charge in [-0.1, -0.05) is 34.8 Å². The lowest BCUT2D eigenvalue weighted by atomic mass is 10.3. The van der Waals surface area contributed by atoms with Crippen LogP contribution in [0.5, 0.6) is 0 Å². The van der Waals surface area contributed by atoms with E-state index in [4.69, 9.17) is 45.6 Å². The third-order valence-corrected chi connectivity index (χ3v) is 1.53. The van der Waals surface area contributed by atoms with Gasteiger partial charge in [0, 0.05) is 0 Å². The highest BCUT2D eigenvalue weighted by Crippen LogP contribution is 2.31. The average molecular weight is 206 g/mol. The van der Waals surface area contributed by atoms with Gasteiger partial charge in [0.15, 0.2) is 0 Å². The SMILES string of the molecule is NC(=O)C[C@@H](O)C(Cl)(Cl)Cl. The van der Waals surface area contributed by atoms with Gasteiger partial charge in [0.25, 0.3) is 0 Å². The maximum absolute atomic E-state index is 10.1. The van der Waals surface area contributed by atoms with Crippen molar-refractivity contribution in [2.24, 2.45) is 5.73 Å². The van der Waals surface area contributed by atoms with Gasteiger partial charge in [-0.25, -0.2) is 0 Å². The second-order valence-electron chi connectivity index (χ2n) is 1.73. The minimum absolute atomic E-state index is 0.351. The van der Waals surface area contributed by atoms with Crippen LogP contribution < -0.4 is 5.73 Å². The molecule has 6 heteroatoms. The molecule has 0 aromatic heterocycles. The number of carbonyl (C=O) groups is 1. The number of hydrogen-bond donors (Lipinski definition) is 2. The van der Waals surface area contributed by atoms with E-state index in [1.54, 1.807) is 0 Å². The maximum Gasteiger partial charge on any atom is 0.220 e. The number of aliphatic hydroxyl groups excluding tert-OH is 1. The second-order valence-corrected chi connectivity index (χ2v) is 4.10. The van der Waals surface area contributed by atoms with Crippen molar-refractivity contribution in [3.63, 3.8) is 0 Å². The summed E-state index contributed by atoms with van der Waals surface area (Å²) in [5.41, 5.74) is 4.72. The molecule has 0 rings (SSSR count). The molecule has 0 fully saturated rings. The van der Waals surface area contributed by atoms with Gasteiger partial charge in [-0.3, -0.25) is 4.79 Å². The summed E-state index contributed by atoms with van der Waals surface area (Å²) < 4.78 is -1.84. The smallest absolute Gasteiger partial charge is 0.220 e. The Morgan fingerprint density at radius 2 is 2.00 bits per heavy atom. The number of nitrogens with two attached hydrogens (primary N) is 1. The van der Waals surface area contributed by atoms with Crippen LogP contribution in [0.3, 0.4) is 0 Å². The molecule has 0 aromatic carbocycles. The van der Waals surface area contributed by atoms with E-state index in [0.717, 1.165) is 0 Å². The van der Waals surface area contributed by atoms with Crippen LogP contribution in [0.2, 0.25) is 0 Å². The molecule has 0 heterocycles. The van der Waals surface area contributed by atoms with Gasteiger partial charge in [-0.05, 0) is 0 Å². The number of alkyl halides is 3. The number of rotatable bonds is 2. The Labute approximate surface area is 73.0 Å². The van der Waals surface area contributed by atoms with E-state index in [0.29, 0.717) is 0 Å². The summed E-state index contributed by atoms with van der Waals surface area (Å²) in [5, 5.41) is 8.86. The standard InChI is InChI=1S/C4H6Cl3NO2/c5-4(6,7)2(9)1-3(8)10/h2,9H,1H2,(H2,8,10)/t2-/m1/s1. The maximum atomic E-state index is 10.1. The predicted molar refractivity (Wildman–Crippen MR) is 40.1 cm³/mol. The third kappa shape index (κ3) is 4.17. The number of hydrogen-bond acceptors (Lipinski definition) is 2. The molecule has 10 heavy (non-hydrogen) atoms. The van der Waals surface area contributed by atoms with E-state index in [-0.39, 0.29) is 6.42 Å². The highest BCUT2D eigenvalue weighted by Gasteiger charge is 2.31. The fourth-order valence-electron chi connectivity index (χ4n) is 0.306. The van der Waals surface area contributed by atoms with Gasteiger partial charge < -0.3 is 10.8 Å². The van der Waals surface area contributed by atoms with Crippen LogP contribution in [0.15, 0.2) is 0 Å². The van der Waals surface area contributed by atoms with Gasteiger partial charge in [-0.15, -0.1) is 0 Å². The molecule has 1 amide bonds. The van der Waals surface area contributed by atoms with Crippen LogP contribution in [-0.4, -0.2) is 20.9 Å². The van der Waals surface area contributed by atoms with Crippen molar-refractivity contribution < 1.29 is 9.90 Å². The molecule has 60 valence electrons.